The van der Waals surface area contributed by atoms with Crippen LogP contribution >= 0.6 is 0 Å². The zero-order chi connectivity index (χ0) is 16.1. The van der Waals surface area contributed by atoms with Gasteiger partial charge in [0.25, 0.3) is 0 Å². The molecule has 23 heavy (non-hydrogen) atoms. The largest absolute Gasteiger partial charge is 0.487 e. The molecule has 1 heterocycles. The summed E-state index contributed by atoms with van der Waals surface area (Å²) in [6.45, 7) is 0.270. The van der Waals surface area contributed by atoms with Gasteiger partial charge >= 0.3 is 0 Å². The van der Waals surface area contributed by atoms with Gasteiger partial charge in [-0.2, -0.15) is 0 Å². The van der Waals surface area contributed by atoms with E-state index in [1.165, 1.54) is 30.5 Å². The fraction of sp³-hybridized carbons (Fsp3) is 0.0556. The summed E-state index contributed by atoms with van der Waals surface area (Å²) in [7, 11) is 0. The van der Waals surface area contributed by atoms with Gasteiger partial charge in [0.05, 0.1) is 0 Å². The number of para-hydroxylation sites is 1. The molecule has 0 saturated heterocycles. The lowest BCUT2D eigenvalue weighted by molar-refractivity contribution is 0.301. The molecule has 0 aliphatic rings. The van der Waals surface area contributed by atoms with Crippen LogP contribution in [0.25, 0.3) is 12.2 Å². The molecule has 0 radical (unpaired) electrons. The summed E-state index contributed by atoms with van der Waals surface area (Å²) in [5.41, 5.74) is 0.875. The van der Waals surface area contributed by atoms with Crippen molar-refractivity contribution in [1.29, 1.82) is 0 Å². The molecule has 5 heteroatoms. The summed E-state index contributed by atoms with van der Waals surface area (Å²) in [6.07, 6.45) is 4.47. The molecule has 3 rings (SSSR count). The quantitative estimate of drug-likeness (QED) is 0.684. The van der Waals surface area contributed by atoms with Gasteiger partial charge in [0.2, 0.25) is 5.89 Å². The average molecular weight is 313 g/mol. The number of oxazole rings is 1. The lowest BCUT2D eigenvalue weighted by atomic mass is 10.2. The molecule has 3 aromatic rings. The predicted molar refractivity (Wildman–Crippen MR) is 82.6 cm³/mol. The van der Waals surface area contributed by atoms with Crippen LogP contribution in [0.15, 0.2) is 59.2 Å². The molecule has 0 fully saturated rings. The molecule has 2 aromatic carbocycles. The van der Waals surface area contributed by atoms with Crippen molar-refractivity contribution < 1.29 is 17.9 Å². The van der Waals surface area contributed by atoms with Crippen molar-refractivity contribution in [3.05, 3.63) is 83.6 Å². The molecule has 116 valence electrons. The molecule has 0 unspecified atom stereocenters. The third kappa shape index (κ3) is 4.03. The Morgan fingerprint density at radius 2 is 1.87 bits per heavy atom. The lowest BCUT2D eigenvalue weighted by Crippen LogP contribution is -1.95. The minimum atomic E-state index is -0.638. The second-order valence-electron chi connectivity index (χ2n) is 4.78. The Hall–Kier alpha value is -2.95. The molecule has 0 bridgehead atoms. The van der Waals surface area contributed by atoms with E-state index in [-0.39, 0.29) is 12.2 Å². The SMILES string of the molecule is Fc1ccc(/C=C/c2nc(COc3ccccc3)co2)c(F)c1. The maximum absolute atomic E-state index is 13.5. The Labute approximate surface area is 131 Å². The minimum Gasteiger partial charge on any atom is -0.487 e. The Kier molecular flexibility index (Phi) is 4.47. The predicted octanol–water partition coefficient (Wildman–Crippen LogP) is 4.70. The van der Waals surface area contributed by atoms with Gasteiger partial charge in [0, 0.05) is 17.7 Å². The van der Waals surface area contributed by atoms with Crippen LogP contribution < -0.4 is 4.74 Å². The number of hydrogen-bond acceptors (Lipinski definition) is 3. The van der Waals surface area contributed by atoms with E-state index < -0.39 is 11.6 Å². The Morgan fingerprint density at radius 1 is 1.04 bits per heavy atom. The zero-order valence-electron chi connectivity index (χ0n) is 12.1. The first kappa shape index (κ1) is 15.0. The van der Waals surface area contributed by atoms with E-state index in [1.807, 2.05) is 30.3 Å². The number of hydrogen-bond donors (Lipinski definition) is 0. The average Bonchev–Trinajstić information content (AvgIpc) is 3.01. The molecule has 0 spiro atoms. The maximum atomic E-state index is 13.5. The topological polar surface area (TPSA) is 35.3 Å². The van der Waals surface area contributed by atoms with Crippen LogP contribution in [0.5, 0.6) is 5.75 Å². The molecular formula is C18H13F2NO2. The summed E-state index contributed by atoms with van der Waals surface area (Å²) in [6, 6.07) is 12.7. The zero-order valence-corrected chi connectivity index (χ0v) is 12.1. The molecule has 0 N–H and O–H groups in total. The highest BCUT2D eigenvalue weighted by Gasteiger charge is 2.04. The third-order valence-electron chi connectivity index (χ3n) is 3.07. The highest BCUT2D eigenvalue weighted by Crippen LogP contribution is 2.15. The lowest BCUT2D eigenvalue weighted by Gasteiger charge is -2.01. The van der Waals surface area contributed by atoms with Gasteiger partial charge in [-0.05, 0) is 30.3 Å². The van der Waals surface area contributed by atoms with Crippen LogP contribution in [0.1, 0.15) is 17.1 Å². The van der Waals surface area contributed by atoms with Gasteiger partial charge in [0.1, 0.15) is 35.9 Å². The summed E-state index contributed by atoms with van der Waals surface area (Å²) >= 11 is 0. The van der Waals surface area contributed by atoms with E-state index in [2.05, 4.69) is 4.98 Å². The molecular weight excluding hydrogens is 300 g/mol. The molecule has 0 amide bonds. The third-order valence-corrected chi connectivity index (χ3v) is 3.07. The van der Waals surface area contributed by atoms with Gasteiger partial charge in [-0.1, -0.05) is 18.2 Å². The van der Waals surface area contributed by atoms with Crippen LogP contribution in [0, 0.1) is 11.6 Å². The van der Waals surface area contributed by atoms with Crippen LogP contribution in [0.4, 0.5) is 8.78 Å². The monoisotopic (exact) mass is 313 g/mol. The summed E-state index contributed by atoms with van der Waals surface area (Å²) in [5.74, 6) is -0.196. The summed E-state index contributed by atoms with van der Waals surface area (Å²) < 4.78 is 37.2. The molecule has 0 aliphatic carbocycles. The second-order valence-corrected chi connectivity index (χ2v) is 4.78. The van der Waals surface area contributed by atoms with E-state index in [0.29, 0.717) is 11.6 Å². The van der Waals surface area contributed by atoms with Crippen molar-refractivity contribution >= 4 is 12.2 Å². The van der Waals surface area contributed by atoms with E-state index in [0.717, 1.165) is 11.8 Å². The fourth-order valence-electron chi connectivity index (χ4n) is 1.94. The van der Waals surface area contributed by atoms with Crippen LogP contribution in [0.3, 0.4) is 0 Å². The molecule has 0 aliphatic heterocycles. The summed E-state index contributed by atoms with van der Waals surface area (Å²) in [5, 5.41) is 0. The maximum Gasteiger partial charge on any atom is 0.218 e. The standard InChI is InChI=1S/C18H13F2NO2/c19-14-8-6-13(17(20)10-14)7-9-18-21-15(12-23-18)11-22-16-4-2-1-3-5-16/h1-10,12H,11H2/b9-7+. The Bertz CT molecular complexity index is 813. The minimum absolute atomic E-state index is 0.256. The smallest absolute Gasteiger partial charge is 0.218 e. The van der Waals surface area contributed by atoms with Gasteiger partial charge in [-0.25, -0.2) is 13.8 Å². The Morgan fingerprint density at radius 3 is 2.65 bits per heavy atom. The second kappa shape index (κ2) is 6.87. The molecule has 3 nitrogen and oxygen atoms in total. The van der Waals surface area contributed by atoms with Crippen LogP contribution in [-0.2, 0) is 6.61 Å². The number of ether oxygens (including phenoxy) is 1. The van der Waals surface area contributed by atoms with Crippen molar-refractivity contribution in [2.24, 2.45) is 0 Å². The van der Waals surface area contributed by atoms with Gasteiger partial charge in [-0.3, -0.25) is 0 Å². The normalized spacial score (nSPS) is 11.0. The van der Waals surface area contributed by atoms with Crippen molar-refractivity contribution in [3.8, 4) is 5.75 Å². The highest BCUT2D eigenvalue weighted by molar-refractivity contribution is 5.66. The highest BCUT2D eigenvalue weighted by atomic mass is 19.1. The van der Waals surface area contributed by atoms with E-state index in [4.69, 9.17) is 9.15 Å². The fourth-order valence-corrected chi connectivity index (χ4v) is 1.94. The van der Waals surface area contributed by atoms with Crippen LogP contribution in [-0.4, -0.2) is 4.98 Å². The Balaban J connectivity index is 1.64. The number of aromatic nitrogens is 1. The summed E-state index contributed by atoms with van der Waals surface area (Å²) in [4.78, 5) is 4.21. The van der Waals surface area contributed by atoms with Crippen molar-refractivity contribution in [1.82, 2.24) is 4.98 Å². The van der Waals surface area contributed by atoms with E-state index >= 15 is 0 Å². The number of halogens is 2. The van der Waals surface area contributed by atoms with Gasteiger partial charge < -0.3 is 9.15 Å². The van der Waals surface area contributed by atoms with Crippen molar-refractivity contribution in [3.63, 3.8) is 0 Å². The first-order valence-corrected chi connectivity index (χ1v) is 6.96. The van der Waals surface area contributed by atoms with Crippen molar-refractivity contribution in [2.75, 3.05) is 0 Å². The first-order chi connectivity index (χ1) is 11.2. The van der Waals surface area contributed by atoms with Crippen molar-refractivity contribution in [2.45, 2.75) is 6.61 Å². The van der Waals surface area contributed by atoms with E-state index in [9.17, 15) is 8.78 Å². The molecule has 1 aromatic heterocycles. The number of nitrogens with zero attached hydrogens (tertiary/aromatic N) is 1. The van der Waals surface area contributed by atoms with Crippen LogP contribution in [0.2, 0.25) is 0 Å². The van der Waals surface area contributed by atoms with E-state index in [1.54, 1.807) is 0 Å². The number of benzene rings is 2. The first-order valence-electron chi connectivity index (χ1n) is 6.96. The van der Waals surface area contributed by atoms with Gasteiger partial charge in [0.15, 0.2) is 0 Å². The molecule has 0 saturated carbocycles. The molecule has 0 atom stereocenters. The van der Waals surface area contributed by atoms with Gasteiger partial charge in [-0.15, -0.1) is 0 Å². The number of rotatable bonds is 5.